The molecule has 4 rings (SSSR count). The highest BCUT2D eigenvalue weighted by atomic mass is 32.2. The molecule has 0 spiro atoms. The minimum atomic E-state index is -3.82. The monoisotopic (exact) mass is 456 g/mol. The molecule has 1 fully saturated rings. The number of para-hydroxylation sites is 1. The van der Waals surface area contributed by atoms with Gasteiger partial charge in [-0.25, -0.2) is 8.42 Å². The number of nitrogens with one attached hydrogen (secondary N) is 1. The van der Waals surface area contributed by atoms with Crippen LogP contribution in [0.15, 0.2) is 58.3 Å². The van der Waals surface area contributed by atoms with E-state index in [1.807, 2.05) is 30.3 Å². The lowest BCUT2D eigenvalue weighted by molar-refractivity contribution is -0.133. The van der Waals surface area contributed by atoms with Crippen molar-refractivity contribution < 1.29 is 18.0 Å². The van der Waals surface area contributed by atoms with Crippen LogP contribution in [-0.4, -0.2) is 60.9 Å². The number of carbonyl (C=O) groups is 2. The van der Waals surface area contributed by atoms with Crippen LogP contribution >= 0.6 is 11.8 Å². The van der Waals surface area contributed by atoms with Gasteiger partial charge in [-0.15, -0.1) is 11.8 Å². The summed E-state index contributed by atoms with van der Waals surface area (Å²) in [7, 11) is -3.82. The van der Waals surface area contributed by atoms with E-state index in [9.17, 15) is 23.3 Å². The molecule has 2 aliphatic heterocycles. The van der Waals surface area contributed by atoms with Crippen LogP contribution in [0.25, 0.3) is 0 Å². The van der Waals surface area contributed by atoms with Crippen molar-refractivity contribution in [2.45, 2.75) is 21.5 Å². The van der Waals surface area contributed by atoms with Crippen molar-refractivity contribution in [2.24, 2.45) is 0 Å². The van der Waals surface area contributed by atoms with E-state index in [1.165, 1.54) is 28.2 Å². The predicted octanol–water partition coefficient (Wildman–Crippen LogP) is 1.89. The minimum Gasteiger partial charge on any atom is -0.340 e. The van der Waals surface area contributed by atoms with Gasteiger partial charge in [0, 0.05) is 37.5 Å². The first-order valence-electron chi connectivity index (χ1n) is 9.74. The Morgan fingerprint density at radius 1 is 1.10 bits per heavy atom. The second-order valence-electron chi connectivity index (χ2n) is 7.19. The third kappa shape index (κ3) is 4.30. The fourth-order valence-corrected chi connectivity index (χ4v) is 6.28. The highest BCUT2D eigenvalue weighted by molar-refractivity contribution is 8.01. The molecular formula is C21H20N4O4S2. The van der Waals surface area contributed by atoms with E-state index in [0.717, 1.165) is 10.6 Å². The summed E-state index contributed by atoms with van der Waals surface area (Å²) < 4.78 is 27.2. The van der Waals surface area contributed by atoms with Gasteiger partial charge in [-0.1, -0.05) is 24.3 Å². The number of hydrogen-bond donors (Lipinski definition) is 1. The van der Waals surface area contributed by atoms with E-state index in [0.29, 0.717) is 0 Å². The van der Waals surface area contributed by atoms with Crippen LogP contribution in [0, 0.1) is 11.3 Å². The van der Waals surface area contributed by atoms with Gasteiger partial charge in [0.15, 0.2) is 0 Å². The van der Waals surface area contributed by atoms with Crippen molar-refractivity contribution in [3.05, 3.63) is 54.1 Å². The van der Waals surface area contributed by atoms with Gasteiger partial charge in [-0.3, -0.25) is 9.59 Å². The fourth-order valence-electron chi connectivity index (χ4n) is 3.62. The first-order valence-corrected chi connectivity index (χ1v) is 12.1. The number of hydrogen-bond acceptors (Lipinski definition) is 6. The number of anilines is 1. The summed E-state index contributed by atoms with van der Waals surface area (Å²) in [6.45, 7) is 0.756. The number of thioether (sulfide) groups is 1. The Bertz CT molecular complexity index is 1170. The lowest BCUT2D eigenvalue weighted by Gasteiger charge is -2.35. The average Bonchev–Trinajstić information content (AvgIpc) is 2.79. The van der Waals surface area contributed by atoms with E-state index in [4.69, 9.17) is 0 Å². The topological polar surface area (TPSA) is 111 Å². The summed E-state index contributed by atoms with van der Waals surface area (Å²) in [6, 6.07) is 15.4. The second-order valence-corrected chi connectivity index (χ2v) is 10.3. The summed E-state index contributed by atoms with van der Waals surface area (Å²) in [5.41, 5.74) is 0.847. The van der Waals surface area contributed by atoms with Gasteiger partial charge in [-0.05, 0) is 24.3 Å². The lowest BCUT2D eigenvalue weighted by atomic mass is 10.2. The molecule has 1 saturated heterocycles. The molecule has 0 bridgehead atoms. The molecule has 0 aliphatic carbocycles. The second kappa shape index (κ2) is 8.70. The van der Waals surface area contributed by atoms with Crippen LogP contribution in [-0.2, 0) is 19.6 Å². The minimum absolute atomic E-state index is 0.0220. The molecule has 2 aromatic carbocycles. The highest BCUT2D eigenvalue weighted by Crippen LogP contribution is 2.36. The normalized spacial score (nSPS) is 19.3. The number of amides is 2. The summed E-state index contributed by atoms with van der Waals surface area (Å²) in [6.07, 6.45) is 0.0504. The van der Waals surface area contributed by atoms with Gasteiger partial charge >= 0.3 is 0 Å². The molecule has 1 unspecified atom stereocenters. The maximum Gasteiger partial charge on any atom is 0.244 e. The number of nitrogens with zero attached hydrogens (tertiary/aromatic N) is 3. The molecule has 2 aromatic rings. The molecule has 1 atom stereocenters. The zero-order valence-electron chi connectivity index (χ0n) is 16.5. The third-order valence-electron chi connectivity index (χ3n) is 5.28. The van der Waals surface area contributed by atoms with E-state index in [2.05, 4.69) is 5.32 Å². The Balaban J connectivity index is 1.38. The summed E-state index contributed by atoms with van der Waals surface area (Å²) in [5.74, 6) is -0.382. The maximum absolute atomic E-state index is 12.9. The van der Waals surface area contributed by atoms with Gasteiger partial charge < -0.3 is 10.2 Å². The van der Waals surface area contributed by atoms with Crippen molar-refractivity contribution >= 4 is 39.3 Å². The number of piperazine rings is 1. The van der Waals surface area contributed by atoms with Crippen LogP contribution < -0.4 is 5.32 Å². The quantitative estimate of drug-likeness (QED) is 0.752. The molecule has 1 N–H and O–H groups in total. The molecule has 0 saturated carbocycles. The first kappa shape index (κ1) is 21.4. The molecule has 31 heavy (non-hydrogen) atoms. The van der Waals surface area contributed by atoms with Gasteiger partial charge in [0.25, 0.3) is 0 Å². The SMILES string of the molecule is N#Cc1ccccc1S(=O)(=O)N1CCN(C(=O)CC2Sc3ccccc3NC2=O)CC1. The number of fused-ring (bicyclic) bond motifs is 1. The Kier molecular flexibility index (Phi) is 6.00. The number of nitriles is 1. The molecule has 2 amide bonds. The van der Waals surface area contributed by atoms with Crippen LogP contribution in [0.4, 0.5) is 5.69 Å². The lowest BCUT2D eigenvalue weighted by Crippen LogP contribution is -2.51. The van der Waals surface area contributed by atoms with Gasteiger partial charge in [0.05, 0.1) is 21.4 Å². The molecule has 2 heterocycles. The van der Waals surface area contributed by atoms with Crippen LogP contribution in [0.1, 0.15) is 12.0 Å². The fraction of sp³-hybridized carbons (Fsp3) is 0.286. The molecule has 0 aromatic heterocycles. The van der Waals surface area contributed by atoms with Gasteiger partial charge in [-0.2, -0.15) is 9.57 Å². The standard InChI is InChI=1S/C21H20N4O4S2/c22-14-15-5-1-4-8-19(15)31(28,29)25-11-9-24(10-12-25)20(26)13-18-21(27)23-16-6-2-3-7-17(16)30-18/h1-8,18H,9-13H2,(H,23,27). The molecule has 2 aliphatic rings. The van der Waals surface area contributed by atoms with Crippen molar-refractivity contribution in [1.29, 1.82) is 5.26 Å². The van der Waals surface area contributed by atoms with Gasteiger partial charge in [0.1, 0.15) is 6.07 Å². The number of carbonyl (C=O) groups excluding carboxylic acids is 2. The molecular weight excluding hydrogens is 436 g/mol. The smallest absolute Gasteiger partial charge is 0.244 e. The van der Waals surface area contributed by atoms with Crippen molar-refractivity contribution in [2.75, 3.05) is 31.5 Å². The van der Waals surface area contributed by atoms with Crippen molar-refractivity contribution in [3.63, 3.8) is 0 Å². The Labute approximate surface area is 184 Å². The van der Waals surface area contributed by atoms with Gasteiger partial charge in [0.2, 0.25) is 21.8 Å². The average molecular weight is 457 g/mol. The van der Waals surface area contributed by atoms with E-state index < -0.39 is 15.3 Å². The molecule has 160 valence electrons. The number of sulfonamides is 1. The van der Waals surface area contributed by atoms with Crippen LogP contribution in [0.3, 0.4) is 0 Å². The highest BCUT2D eigenvalue weighted by Gasteiger charge is 2.34. The van der Waals surface area contributed by atoms with Crippen molar-refractivity contribution in [1.82, 2.24) is 9.21 Å². The zero-order valence-corrected chi connectivity index (χ0v) is 18.2. The third-order valence-corrected chi connectivity index (χ3v) is 8.52. The zero-order chi connectivity index (χ0) is 22.0. The summed E-state index contributed by atoms with van der Waals surface area (Å²) in [4.78, 5) is 27.6. The number of rotatable bonds is 4. The van der Waals surface area contributed by atoms with E-state index in [-0.39, 0.29) is 54.9 Å². The largest absolute Gasteiger partial charge is 0.340 e. The van der Waals surface area contributed by atoms with E-state index in [1.54, 1.807) is 17.0 Å². The molecule has 8 nitrogen and oxygen atoms in total. The first-order chi connectivity index (χ1) is 14.9. The molecule has 0 radical (unpaired) electrons. The maximum atomic E-state index is 12.9. The Morgan fingerprint density at radius 3 is 2.52 bits per heavy atom. The van der Waals surface area contributed by atoms with E-state index >= 15 is 0 Å². The van der Waals surface area contributed by atoms with Crippen molar-refractivity contribution in [3.8, 4) is 6.07 Å². The predicted molar refractivity (Wildman–Crippen MR) is 116 cm³/mol. The van der Waals surface area contributed by atoms with Crippen LogP contribution in [0.5, 0.6) is 0 Å². The molecule has 10 heteroatoms. The Hall–Kier alpha value is -2.87. The number of benzene rings is 2. The summed E-state index contributed by atoms with van der Waals surface area (Å²) in [5, 5.41) is 11.5. The van der Waals surface area contributed by atoms with Crippen LogP contribution in [0.2, 0.25) is 0 Å². The summed E-state index contributed by atoms with van der Waals surface area (Å²) >= 11 is 1.37. The Morgan fingerprint density at radius 2 is 1.77 bits per heavy atom.